The zero-order chi connectivity index (χ0) is 35.8. The van der Waals surface area contributed by atoms with Gasteiger partial charge in [-0.05, 0) is 52.2 Å². The van der Waals surface area contributed by atoms with E-state index in [9.17, 15) is 0 Å². The second-order valence-corrected chi connectivity index (χ2v) is 14.5. The maximum Gasteiger partial charge on any atom is 0.233 e. The first-order chi connectivity index (χ1) is 27.3. The van der Waals surface area contributed by atoms with Gasteiger partial charge in [0, 0.05) is 43.3 Å². The summed E-state index contributed by atoms with van der Waals surface area (Å²) in [7, 11) is 0. The molecule has 0 amide bonds. The smallest absolute Gasteiger partial charge is 0.233 e. The summed E-state index contributed by atoms with van der Waals surface area (Å²) in [6, 6.07) is 60.5. The molecule has 0 spiro atoms. The third-order valence-electron chi connectivity index (χ3n) is 11.7. The molecule has 13 rings (SSSR count). The first-order valence-electron chi connectivity index (χ1n) is 18.7. The lowest BCUT2D eigenvalue weighted by Crippen LogP contribution is -2.02. The van der Waals surface area contributed by atoms with Crippen LogP contribution in [0.1, 0.15) is 0 Å². The van der Waals surface area contributed by atoms with Gasteiger partial charge in [-0.15, -0.1) is 0 Å². The number of nitrogens with zero attached hydrogens (tertiary/aromatic N) is 4. The molecule has 0 atom stereocenters. The number of rotatable bonds is 3. The molecule has 13 aromatic rings. The van der Waals surface area contributed by atoms with Gasteiger partial charge in [0.15, 0.2) is 11.6 Å². The van der Waals surface area contributed by atoms with Crippen LogP contribution >= 0.6 is 0 Å². The maximum absolute atomic E-state index is 6.58. The number of hydrogen-bond acceptors (Lipinski definition) is 3. The molecule has 0 bridgehead atoms. The van der Waals surface area contributed by atoms with E-state index in [-0.39, 0.29) is 0 Å². The van der Waals surface area contributed by atoms with Crippen LogP contribution in [0.5, 0.6) is 0 Å². The van der Waals surface area contributed by atoms with Crippen LogP contribution in [0, 0.1) is 0 Å². The number of furan rings is 1. The second-order valence-electron chi connectivity index (χ2n) is 14.5. The minimum atomic E-state index is 0.567. The van der Waals surface area contributed by atoms with E-state index < -0.39 is 0 Å². The lowest BCUT2D eigenvalue weighted by atomic mass is 10.00. The van der Waals surface area contributed by atoms with Crippen LogP contribution in [0.2, 0.25) is 0 Å². The Morgan fingerprint density at radius 1 is 0.400 bits per heavy atom. The van der Waals surface area contributed by atoms with Crippen molar-refractivity contribution in [3.05, 3.63) is 170 Å². The molecule has 0 saturated heterocycles. The van der Waals surface area contributed by atoms with Crippen LogP contribution in [0.3, 0.4) is 0 Å². The fourth-order valence-corrected chi connectivity index (χ4v) is 9.33. The molecule has 254 valence electrons. The van der Waals surface area contributed by atoms with E-state index in [4.69, 9.17) is 14.4 Å². The van der Waals surface area contributed by atoms with Gasteiger partial charge in [-0.2, -0.15) is 4.98 Å². The third-order valence-corrected chi connectivity index (χ3v) is 11.7. The SMILES string of the molecule is c1ccc(-c2ccc(-c3nc(-n4c5ccccc5c5cc6c7c8ccccc8ccc7n7c8ccccc8c(c54)c67)c4c(n3)oc3ccccc34)cc2)cc1. The van der Waals surface area contributed by atoms with Crippen molar-refractivity contribution in [2.45, 2.75) is 0 Å². The van der Waals surface area contributed by atoms with E-state index in [0.717, 1.165) is 44.3 Å². The van der Waals surface area contributed by atoms with Gasteiger partial charge in [-0.3, -0.25) is 4.57 Å². The highest BCUT2D eigenvalue weighted by Crippen LogP contribution is 2.48. The molecule has 0 aliphatic carbocycles. The van der Waals surface area contributed by atoms with E-state index in [0.29, 0.717) is 11.5 Å². The Kier molecular flexibility index (Phi) is 5.57. The molecule has 5 aromatic heterocycles. The van der Waals surface area contributed by atoms with Crippen LogP contribution in [0.15, 0.2) is 174 Å². The summed E-state index contributed by atoms with van der Waals surface area (Å²) in [4.78, 5) is 10.7. The summed E-state index contributed by atoms with van der Waals surface area (Å²) in [6.07, 6.45) is 0. The molecular formula is C50H28N4O. The molecule has 8 aromatic carbocycles. The Morgan fingerprint density at radius 2 is 1.07 bits per heavy atom. The van der Waals surface area contributed by atoms with Gasteiger partial charge in [0.25, 0.3) is 0 Å². The van der Waals surface area contributed by atoms with Crippen molar-refractivity contribution in [1.82, 2.24) is 18.9 Å². The molecule has 0 aliphatic heterocycles. The Labute approximate surface area is 313 Å². The van der Waals surface area contributed by atoms with E-state index in [2.05, 4.69) is 161 Å². The minimum absolute atomic E-state index is 0.567. The van der Waals surface area contributed by atoms with Crippen LogP contribution in [-0.2, 0) is 0 Å². The zero-order valence-corrected chi connectivity index (χ0v) is 29.4. The number of aromatic nitrogens is 4. The van der Waals surface area contributed by atoms with Crippen molar-refractivity contribution in [2.75, 3.05) is 0 Å². The molecule has 0 unspecified atom stereocenters. The van der Waals surface area contributed by atoms with Crippen molar-refractivity contribution in [1.29, 1.82) is 0 Å². The summed E-state index contributed by atoms with van der Waals surface area (Å²) in [5, 5.41) is 11.7. The Bertz CT molecular complexity index is 3700. The van der Waals surface area contributed by atoms with Gasteiger partial charge in [-0.25, -0.2) is 4.98 Å². The highest BCUT2D eigenvalue weighted by atomic mass is 16.3. The monoisotopic (exact) mass is 700 g/mol. The largest absolute Gasteiger partial charge is 0.437 e. The van der Waals surface area contributed by atoms with E-state index in [1.807, 2.05) is 18.2 Å². The second kappa shape index (κ2) is 10.6. The minimum Gasteiger partial charge on any atom is -0.437 e. The normalized spacial score (nSPS) is 12.4. The van der Waals surface area contributed by atoms with Gasteiger partial charge >= 0.3 is 0 Å². The fraction of sp³-hybridized carbons (Fsp3) is 0. The first kappa shape index (κ1) is 29.0. The van der Waals surface area contributed by atoms with Gasteiger partial charge in [-0.1, -0.05) is 140 Å². The standard InChI is InChI=1S/C50H28N4O/c1-2-12-29(13-3-1)30-22-24-32(25-23-30)48-51-49(45-36-18-8-11-21-42(36)55-50(45)52-48)54-39-19-9-6-16-34(39)37-28-38-43-33-15-5-4-14-31(33)26-27-41(43)53-40-20-10-7-17-35(40)44(46(37)54)47(38)53/h1-28H. The molecular weight excluding hydrogens is 673 g/mol. The predicted octanol–water partition coefficient (Wildman–Crippen LogP) is 13.1. The van der Waals surface area contributed by atoms with E-state index >= 15 is 0 Å². The van der Waals surface area contributed by atoms with Crippen molar-refractivity contribution in [2.24, 2.45) is 0 Å². The molecule has 0 fully saturated rings. The van der Waals surface area contributed by atoms with Crippen molar-refractivity contribution in [3.63, 3.8) is 0 Å². The average molecular weight is 701 g/mol. The van der Waals surface area contributed by atoms with Crippen molar-refractivity contribution < 1.29 is 4.42 Å². The van der Waals surface area contributed by atoms with Crippen LogP contribution in [0.4, 0.5) is 0 Å². The summed E-state index contributed by atoms with van der Waals surface area (Å²) in [6.45, 7) is 0. The number of para-hydroxylation sites is 3. The predicted molar refractivity (Wildman–Crippen MR) is 227 cm³/mol. The topological polar surface area (TPSA) is 48.3 Å². The number of benzene rings is 8. The van der Waals surface area contributed by atoms with Crippen LogP contribution in [-0.4, -0.2) is 18.9 Å². The average Bonchev–Trinajstić information content (AvgIpc) is 3.99. The highest BCUT2D eigenvalue weighted by molar-refractivity contribution is 6.36. The van der Waals surface area contributed by atoms with Crippen LogP contribution < -0.4 is 0 Å². The molecule has 5 heteroatoms. The molecule has 55 heavy (non-hydrogen) atoms. The number of hydrogen-bond donors (Lipinski definition) is 0. The lowest BCUT2D eigenvalue weighted by molar-refractivity contribution is 0.653. The van der Waals surface area contributed by atoms with Crippen molar-refractivity contribution in [3.8, 4) is 28.3 Å². The Morgan fingerprint density at radius 3 is 1.93 bits per heavy atom. The van der Waals surface area contributed by atoms with Gasteiger partial charge < -0.3 is 8.82 Å². The molecule has 0 N–H and O–H groups in total. The summed E-state index contributed by atoms with van der Waals surface area (Å²) in [5.41, 5.74) is 10.4. The summed E-state index contributed by atoms with van der Waals surface area (Å²) < 4.78 is 11.4. The lowest BCUT2D eigenvalue weighted by Gasteiger charge is -2.12. The van der Waals surface area contributed by atoms with E-state index in [1.165, 1.54) is 65.2 Å². The quantitative estimate of drug-likeness (QED) is 0.184. The fourth-order valence-electron chi connectivity index (χ4n) is 9.33. The molecule has 5 heterocycles. The molecule has 0 aliphatic rings. The summed E-state index contributed by atoms with van der Waals surface area (Å²) >= 11 is 0. The van der Waals surface area contributed by atoms with Crippen LogP contribution in [0.25, 0.3) is 121 Å². The molecule has 5 nitrogen and oxygen atoms in total. The molecule has 0 saturated carbocycles. The van der Waals surface area contributed by atoms with Gasteiger partial charge in [0.05, 0.1) is 33.0 Å². The highest BCUT2D eigenvalue weighted by Gasteiger charge is 2.27. The van der Waals surface area contributed by atoms with E-state index in [1.54, 1.807) is 0 Å². The van der Waals surface area contributed by atoms with Crippen molar-refractivity contribution >= 4 is 92.7 Å². The van der Waals surface area contributed by atoms with Gasteiger partial charge in [0.2, 0.25) is 5.71 Å². The first-order valence-corrected chi connectivity index (χ1v) is 18.7. The molecule has 0 radical (unpaired) electrons. The Hall–Kier alpha value is -7.50. The summed E-state index contributed by atoms with van der Waals surface area (Å²) in [5.74, 6) is 1.42. The Balaban J connectivity index is 1.21. The number of fused-ring (bicyclic) bond motifs is 15. The third kappa shape index (κ3) is 3.81. The van der Waals surface area contributed by atoms with Gasteiger partial charge in [0.1, 0.15) is 5.58 Å². The zero-order valence-electron chi connectivity index (χ0n) is 29.4. The maximum atomic E-state index is 6.58.